The summed E-state index contributed by atoms with van der Waals surface area (Å²) in [7, 11) is 0. The SMILES string of the molecule is O=C(O)N[C@@H]1CCCCNC1=O. The van der Waals surface area contributed by atoms with E-state index in [1.54, 1.807) is 0 Å². The first kappa shape index (κ1) is 8.83. The normalized spacial score (nSPS) is 24.0. The van der Waals surface area contributed by atoms with Crippen LogP contribution in [0.5, 0.6) is 0 Å². The fraction of sp³-hybridized carbons (Fsp3) is 0.714. The van der Waals surface area contributed by atoms with Crippen LogP contribution in [0.1, 0.15) is 19.3 Å². The molecular weight excluding hydrogens is 160 g/mol. The number of rotatable bonds is 1. The topological polar surface area (TPSA) is 78.4 Å². The number of amides is 2. The Labute approximate surface area is 70.1 Å². The van der Waals surface area contributed by atoms with Gasteiger partial charge in [-0.05, 0) is 19.3 Å². The van der Waals surface area contributed by atoms with Crippen molar-refractivity contribution >= 4 is 12.0 Å². The Kier molecular flexibility index (Phi) is 2.90. The van der Waals surface area contributed by atoms with Crippen LogP contribution in [0.3, 0.4) is 0 Å². The number of nitrogens with one attached hydrogen (secondary N) is 2. The summed E-state index contributed by atoms with van der Waals surface area (Å²) in [5.74, 6) is -0.213. The van der Waals surface area contributed by atoms with Crippen molar-refractivity contribution in [3.8, 4) is 0 Å². The van der Waals surface area contributed by atoms with Crippen molar-refractivity contribution in [1.29, 1.82) is 0 Å². The third-order valence-corrected chi connectivity index (χ3v) is 1.83. The summed E-state index contributed by atoms with van der Waals surface area (Å²) in [6, 6.07) is -0.565. The molecule has 0 radical (unpaired) electrons. The van der Waals surface area contributed by atoms with Gasteiger partial charge in [-0.2, -0.15) is 0 Å². The molecule has 1 saturated heterocycles. The van der Waals surface area contributed by atoms with Gasteiger partial charge in [-0.3, -0.25) is 4.79 Å². The fourth-order valence-corrected chi connectivity index (χ4v) is 1.23. The first-order chi connectivity index (χ1) is 5.70. The monoisotopic (exact) mass is 172 g/mol. The molecule has 12 heavy (non-hydrogen) atoms. The fourth-order valence-electron chi connectivity index (χ4n) is 1.23. The third-order valence-electron chi connectivity index (χ3n) is 1.83. The van der Waals surface area contributed by atoms with E-state index in [9.17, 15) is 9.59 Å². The molecule has 0 spiro atoms. The quantitative estimate of drug-likeness (QED) is 0.517. The van der Waals surface area contributed by atoms with Gasteiger partial charge in [0.05, 0.1) is 0 Å². The summed E-state index contributed by atoms with van der Waals surface area (Å²) in [6.45, 7) is 0.649. The highest BCUT2D eigenvalue weighted by Crippen LogP contribution is 2.04. The zero-order valence-electron chi connectivity index (χ0n) is 6.67. The molecule has 5 nitrogen and oxygen atoms in total. The lowest BCUT2D eigenvalue weighted by atomic mass is 10.1. The number of carbonyl (C=O) groups is 2. The molecule has 0 aromatic carbocycles. The second kappa shape index (κ2) is 3.94. The van der Waals surface area contributed by atoms with Gasteiger partial charge in [0.2, 0.25) is 5.91 Å². The number of carbonyl (C=O) groups excluding carboxylic acids is 1. The van der Waals surface area contributed by atoms with Crippen LogP contribution in [0, 0.1) is 0 Å². The Balaban J connectivity index is 2.47. The van der Waals surface area contributed by atoms with Gasteiger partial charge in [0.15, 0.2) is 0 Å². The van der Waals surface area contributed by atoms with Gasteiger partial charge in [0.1, 0.15) is 6.04 Å². The van der Waals surface area contributed by atoms with Crippen LogP contribution in [0.15, 0.2) is 0 Å². The molecular formula is C7H12N2O3. The molecule has 5 heteroatoms. The highest BCUT2D eigenvalue weighted by molar-refractivity contribution is 5.85. The molecule has 2 amide bonds. The van der Waals surface area contributed by atoms with E-state index in [4.69, 9.17) is 5.11 Å². The predicted molar refractivity (Wildman–Crippen MR) is 41.8 cm³/mol. The molecule has 0 aromatic heterocycles. The molecule has 0 saturated carbocycles. The van der Waals surface area contributed by atoms with Crippen molar-refractivity contribution < 1.29 is 14.7 Å². The zero-order chi connectivity index (χ0) is 8.97. The van der Waals surface area contributed by atoms with Crippen molar-refractivity contribution in [2.75, 3.05) is 6.54 Å². The van der Waals surface area contributed by atoms with E-state index in [1.807, 2.05) is 0 Å². The van der Waals surface area contributed by atoms with Crippen LogP contribution >= 0.6 is 0 Å². The van der Waals surface area contributed by atoms with Gasteiger partial charge >= 0.3 is 6.09 Å². The molecule has 1 atom stereocenters. The first-order valence-electron chi connectivity index (χ1n) is 3.97. The molecule has 68 valence electrons. The maximum atomic E-state index is 11.1. The van der Waals surface area contributed by atoms with Crippen molar-refractivity contribution in [3.05, 3.63) is 0 Å². The summed E-state index contributed by atoms with van der Waals surface area (Å²) in [6.07, 6.45) is 1.25. The molecule has 1 aliphatic heterocycles. The Morgan fingerprint density at radius 3 is 3.00 bits per heavy atom. The summed E-state index contributed by atoms with van der Waals surface area (Å²) < 4.78 is 0. The van der Waals surface area contributed by atoms with Crippen molar-refractivity contribution in [1.82, 2.24) is 10.6 Å². The standard InChI is InChI=1S/C7H12N2O3/c10-6-5(9-7(11)12)3-1-2-4-8-6/h5,9H,1-4H2,(H,8,10)(H,11,12)/t5-/m1/s1. The highest BCUT2D eigenvalue weighted by Gasteiger charge is 2.21. The Morgan fingerprint density at radius 2 is 2.33 bits per heavy atom. The molecule has 0 unspecified atom stereocenters. The third kappa shape index (κ3) is 2.41. The highest BCUT2D eigenvalue weighted by atomic mass is 16.4. The predicted octanol–water partition coefficient (Wildman–Crippen LogP) is -0.0773. The minimum absolute atomic E-state index is 0.213. The Hall–Kier alpha value is -1.26. The molecule has 3 N–H and O–H groups in total. The van der Waals surface area contributed by atoms with Crippen molar-refractivity contribution in [2.45, 2.75) is 25.3 Å². The van der Waals surface area contributed by atoms with Crippen LogP contribution in [0.25, 0.3) is 0 Å². The smallest absolute Gasteiger partial charge is 0.405 e. The Morgan fingerprint density at radius 1 is 1.58 bits per heavy atom. The van der Waals surface area contributed by atoms with E-state index in [-0.39, 0.29) is 5.91 Å². The molecule has 1 fully saturated rings. The molecule has 1 aliphatic rings. The summed E-state index contributed by atoms with van der Waals surface area (Å²) in [5, 5.41) is 13.2. The van der Waals surface area contributed by atoms with Crippen LogP contribution in [-0.2, 0) is 4.79 Å². The number of hydrogen-bond acceptors (Lipinski definition) is 2. The van der Waals surface area contributed by atoms with Crippen LogP contribution < -0.4 is 10.6 Å². The molecule has 0 aliphatic carbocycles. The van der Waals surface area contributed by atoms with E-state index in [2.05, 4.69) is 10.6 Å². The largest absolute Gasteiger partial charge is 0.465 e. The lowest BCUT2D eigenvalue weighted by Crippen LogP contribution is -2.44. The van der Waals surface area contributed by atoms with Crippen LogP contribution in [0.2, 0.25) is 0 Å². The molecule has 0 bridgehead atoms. The average molecular weight is 172 g/mol. The summed E-state index contributed by atoms with van der Waals surface area (Å²) in [5.41, 5.74) is 0. The second-order valence-electron chi connectivity index (χ2n) is 2.79. The molecule has 0 aromatic rings. The summed E-state index contributed by atoms with van der Waals surface area (Å²) in [4.78, 5) is 21.3. The first-order valence-corrected chi connectivity index (χ1v) is 3.97. The lowest BCUT2D eigenvalue weighted by molar-refractivity contribution is -0.122. The minimum atomic E-state index is -1.14. The molecule has 1 rings (SSSR count). The second-order valence-corrected chi connectivity index (χ2v) is 2.79. The van der Waals surface area contributed by atoms with E-state index in [0.29, 0.717) is 13.0 Å². The van der Waals surface area contributed by atoms with Gasteiger partial charge < -0.3 is 15.7 Å². The van der Waals surface area contributed by atoms with Gasteiger partial charge in [0, 0.05) is 6.54 Å². The van der Waals surface area contributed by atoms with Crippen LogP contribution in [-0.4, -0.2) is 29.7 Å². The van der Waals surface area contributed by atoms with Crippen molar-refractivity contribution in [3.63, 3.8) is 0 Å². The zero-order valence-corrected chi connectivity index (χ0v) is 6.67. The maximum Gasteiger partial charge on any atom is 0.405 e. The summed E-state index contributed by atoms with van der Waals surface area (Å²) >= 11 is 0. The average Bonchev–Trinajstić information content (AvgIpc) is 2.16. The minimum Gasteiger partial charge on any atom is -0.465 e. The molecule has 1 heterocycles. The Bertz CT molecular complexity index is 193. The van der Waals surface area contributed by atoms with Gasteiger partial charge in [-0.15, -0.1) is 0 Å². The van der Waals surface area contributed by atoms with Crippen molar-refractivity contribution in [2.24, 2.45) is 0 Å². The van der Waals surface area contributed by atoms with E-state index in [0.717, 1.165) is 12.8 Å². The van der Waals surface area contributed by atoms with E-state index < -0.39 is 12.1 Å². The van der Waals surface area contributed by atoms with Gasteiger partial charge in [0.25, 0.3) is 0 Å². The maximum absolute atomic E-state index is 11.1. The van der Waals surface area contributed by atoms with Gasteiger partial charge in [-0.1, -0.05) is 0 Å². The number of hydrogen-bond donors (Lipinski definition) is 3. The number of carboxylic acid groups (broad SMARTS) is 1. The lowest BCUT2D eigenvalue weighted by Gasteiger charge is -2.11. The van der Waals surface area contributed by atoms with Gasteiger partial charge in [-0.25, -0.2) is 4.79 Å². The van der Waals surface area contributed by atoms with E-state index >= 15 is 0 Å². The van der Waals surface area contributed by atoms with Crippen LogP contribution in [0.4, 0.5) is 4.79 Å². The van der Waals surface area contributed by atoms with E-state index in [1.165, 1.54) is 0 Å².